The number of nitrogens with zero attached hydrogens (tertiary/aromatic N) is 1. The quantitative estimate of drug-likeness (QED) is 0.830. The zero-order chi connectivity index (χ0) is 15.6. The number of pyridine rings is 1. The van der Waals surface area contributed by atoms with Crippen molar-refractivity contribution in [1.29, 1.82) is 0 Å². The van der Waals surface area contributed by atoms with Crippen molar-refractivity contribution in [2.24, 2.45) is 0 Å². The molecule has 1 heterocycles. The van der Waals surface area contributed by atoms with Crippen LogP contribution < -0.4 is 4.72 Å². The zero-order valence-corrected chi connectivity index (χ0v) is 13.9. The van der Waals surface area contributed by atoms with Crippen molar-refractivity contribution >= 4 is 44.8 Å². The summed E-state index contributed by atoms with van der Waals surface area (Å²) in [5.74, 6) is 0. The summed E-state index contributed by atoms with van der Waals surface area (Å²) in [4.78, 5) is 3.67. The molecule has 4 nitrogen and oxygen atoms in total. The molecule has 0 aliphatic carbocycles. The monoisotopic (exact) mass is 364 g/mol. The summed E-state index contributed by atoms with van der Waals surface area (Å²) in [6.45, 7) is 1.70. The lowest BCUT2D eigenvalue weighted by Gasteiger charge is -2.16. The number of sulfonamides is 1. The molecule has 1 aromatic heterocycles. The average molecular weight is 366 g/mol. The van der Waals surface area contributed by atoms with E-state index in [9.17, 15) is 8.42 Å². The Morgan fingerprint density at radius 2 is 1.81 bits per heavy atom. The molecule has 0 bridgehead atoms. The van der Waals surface area contributed by atoms with Gasteiger partial charge < -0.3 is 0 Å². The Morgan fingerprint density at radius 3 is 2.43 bits per heavy atom. The maximum atomic E-state index is 12.3. The van der Waals surface area contributed by atoms with Crippen molar-refractivity contribution in [2.45, 2.75) is 17.9 Å². The van der Waals surface area contributed by atoms with Gasteiger partial charge in [0.2, 0.25) is 10.0 Å². The lowest BCUT2D eigenvalue weighted by Crippen LogP contribution is -2.27. The van der Waals surface area contributed by atoms with Crippen LogP contribution in [-0.4, -0.2) is 13.4 Å². The lowest BCUT2D eigenvalue weighted by molar-refractivity contribution is 0.566. The molecule has 0 amide bonds. The van der Waals surface area contributed by atoms with E-state index in [0.717, 1.165) is 6.20 Å². The molecule has 0 spiro atoms. The normalized spacial score (nSPS) is 13.1. The maximum Gasteiger partial charge on any atom is 0.242 e. The summed E-state index contributed by atoms with van der Waals surface area (Å²) in [7, 11) is -3.78. The summed E-state index contributed by atoms with van der Waals surface area (Å²) < 4.78 is 27.1. The van der Waals surface area contributed by atoms with E-state index < -0.39 is 16.1 Å². The van der Waals surface area contributed by atoms with Crippen molar-refractivity contribution in [3.8, 4) is 0 Å². The second-order valence-electron chi connectivity index (χ2n) is 4.31. The van der Waals surface area contributed by atoms with E-state index in [0.29, 0.717) is 10.6 Å². The van der Waals surface area contributed by atoms with Crippen LogP contribution in [0.2, 0.25) is 15.2 Å². The van der Waals surface area contributed by atoms with Gasteiger partial charge in [0, 0.05) is 17.3 Å². The highest BCUT2D eigenvalue weighted by Gasteiger charge is 2.21. The van der Waals surface area contributed by atoms with E-state index in [1.165, 1.54) is 6.07 Å². The highest BCUT2D eigenvalue weighted by Crippen LogP contribution is 2.26. The Hall–Kier alpha value is -0.850. The van der Waals surface area contributed by atoms with E-state index in [2.05, 4.69) is 9.71 Å². The fraction of sp³-hybridized carbons (Fsp3) is 0.154. The largest absolute Gasteiger partial charge is 0.242 e. The van der Waals surface area contributed by atoms with E-state index in [-0.39, 0.29) is 15.1 Å². The molecule has 1 N–H and O–H groups in total. The van der Waals surface area contributed by atoms with Crippen molar-refractivity contribution in [3.05, 3.63) is 57.3 Å². The zero-order valence-electron chi connectivity index (χ0n) is 10.8. The minimum absolute atomic E-state index is 0.0507. The SMILES string of the molecule is CC(NS(=O)(=O)c1cnc(Cl)c(Cl)c1)c1ccccc1Cl. The van der Waals surface area contributed by atoms with Gasteiger partial charge in [-0.15, -0.1) is 0 Å². The van der Waals surface area contributed by atoms with Gasteiger partial charge in [-0.25, -0.2) is 18.1 Å². The summed E-state index contributed by atoms with van der Waals surface area (Å²) in [5, 5.41) is 0.611. The van der Waals surface area contributed by atoms with Crippen LogP contribution in [0.15, 0.2) is 41.4 Å². The first-order chi connectivity index (χ1) is 9.81. The van der Waals surface area contributed by atoms with Gasteiger partial charge in [-0.1, -0.05) is 53.0 Å². The average Bonchev–Trinajstić information content (AvgIpc) is 2.41. The molecule has 21 heavy (non-hydrogen) atoms. The van der Waals surface area contributed by atoms with Crippen molar-refractivity contribution in [1.82, 2.24) is 9.71 Å². The molecule has 112 valence electrons. The van der Waals surface area contributed by atoms with Gasteiger partial charge in [0.05, 0.1) is 5.02 Å². The summed E-state index contributed by atoms with van der Waals surface area (Å²) >= 11 is 17.5. The van der Waals surface area contributed by atoms with Crippen LogP contribution in [-0.2, 0) is 10.0 Å². The predicted molar refractivity (Wildman–Crippen MR) is 84.4 cm³/mol. The Bertz CT molecular complexity index is 766. The van der Waals surface area contributed by atoms with Crippen molar-refractivity contribution < 1.29 is 8.42 Å². The Morgan fingerprint density at radius 1 is 1.14 bits per heavy atom. The molecular weight excluding hydrogens is 355 g/mol. The number of hydrogen-bond donors (Lipinski definition) is 1. The van der Waals surface area contributed by atoms with Crippen LogP contribution in [0.3, 0.4) is 0 Å². The smallest absolute Gasteiger partial charge is 0.242 e. The van der Waals surface area contributed by atoms with Gasteiger partial charge >= 0.3 is 0 Å². The van der Waals surface area contributed by atoms with E-state index in [4.69, 9.17) is 34.8 Å². The molecule has 1 aromatic carbocycles. The van der Waals surface area contributed by atoms with Crippen LogP contribution in [0.5, 0.6) is 0 Å². The summed E-state index contributed by atoms with van der Waals surface area (Å²) in [6, 6.07) is 7.75. The van der Waals surface area contributed by atoms with E-state index in [1.807, 2.05) is 0 Å². The number of benzene rings is 1. The number of rotatable bonds is 4. The van der Waals surface area contributed by atoms with Crippen LogP contribution >= 0.6 is 34.8 Å². The second-order valence-corrected chi connectivity index (χ2v) is 7.19. The fourth-order valence-electron chi connectivity index (χ4n) is 1.74. The molecule has 0 saturated carbocycles. The summed E-state index contributed by atoms with van der Waals surface area (Å²) in [6.07, 6.45) is 1.15. The van der Waals surface area contributed by atoms with Crippen molar-refractivity contribution in [2.75, 3.05) is 0 Å². The Kier molecular flexibility index (Phi) is 5.11. The van der Waals surface area contributed by atoms with Gasteiger partial charge in [0.15, 0.2) is 0 Å². The molecule has 8 heteroatoms. The molecule has 2 aromatic rings. The first-order valence-corrected chi connectivity index (χ1v) is 8.51. The molecular formula is C13H11Cl3N2O2S. The van der Waals surface area contributed by atoms with Crippen LogP contribution in [0.4, 0.5) is 0 Å². The molecule has 0 aliphatic heterocycles. The van der Waals surface area contributed by atoms with Gasteiger partial charge in [-0.2, -0.15) is 0 Å². The highest BCUT2D eigenvalue weighted by atomic mass is 35.5. The number of aromatic nitrogens is 1. The standard InChI is InChI=1S/C13H11Cl3N2O2S/c1-8(10-4-2-3-5-11(10)14)18-21(19,20)9-6-12(15)13(16)17-7-9/h2-8,18H,1H3. The van der Waals surface area contributed by atoms with Gasteiger partial charge in [0.25, 0.3) is 0 Å². The molecule has 0 fully saturated rings. The Balaban J connectivity index is 2.29. The third kappa shape index (κ3) is 3.87. The maximum absolute atomic E-state index is 12.3. The second kappa shape index (κ2) is 6.50. The molecule has 1 atom stereocenters. The predicted octanol–water partition coefficient (Wildman–Crippen LogP) is 4.08. The third-order valence-electron chi connectivity index (χ3n) is 2.79. The minimum Gasteiger partial charge on any atom is -0.242 e. The number of hydrogen-bond acceptors (Lipinski definition) is 3. The van der Waals surface area contributed by atoms with E-state index in [1.54, 1.807) is 31.2 Å². The summed E-state index contributed by atoms with van der Waals surface area (Å²) in [5.41, 5.74) is 0.677. The molecule has 2 rings (SSSR count). The van der Waals surface area contributed by atoms with E-state index >= 15 is 0 Å². The fourth-order valence-corrected chi connectivity index (χ4v) is 3.57. The number of nitrogens with one attached hydrogen (secondary N) is 1. The van der Waals surface area contributed by atoms with Crippen LogP contribution in [0, 0.1) is 0 Å². The van der Waals surface area contributed by atoms with Gasteiger partial charge in [0.1, 0.15) is 10.0 Å². The van der Waals surface area contributed by atoms with Crippen LogP contribution in [0.1, 0.15) is 18.5 Å². The van der Waals surface area contributed by atoms with Gasteiger partial charge in [-0.05, 0) is 24.6 Å². The van der Waals surface area contributed by atoms with Gasteiger partial charge in [-0.3, -0.25) is 0 Å². The van der Waals surface area contributed by atoms with Crippen LogP contribution in [0.25, 0.3) is 0 Å². The number of halogens is 3. The Labute approximate surface area is 138 Å². The minimum atomic E-state index is -3.78. The molecule has 0 saturated heterocycles. The molecule has 0 radical (unpaired) electrons. The van der Waals surface area contributed by atoms with Crippen molar-refractivity contribution in [3.63, 3.8) is 0 Å². The molecule has 1 unspecified atom stereocenters. The topological polar surface area (TPSA) is 59.1 Å². The third-order valence-corrected chi connectivity index (χ3v) is 5.32. The highest BCUT2D eigenvalue weighted by molar-refractivity contribution is 7.89. The first-order valence-electron chi connectivity index (χ1n) is 5.89. The lowest BCUT2D eigenvalue weighted by atomic mass is 10.1. The first kappa shape index (κ1) is 16.5. The molecule has 0 aliphatic rings.